The van der Waals surface area contributed by atoms with Crippen LogP contribution in [-0.4, -0.2) is 43.2 Å². The molecule has 2 atom stereocenters. The number of hydrogen-bond acceptors (Lipinski definition) is 4. The second kappa shape index (κ2) is 3.30. The molecule has 3 N–H and O–H groups in total. The molecule has 0 aromatic rings. The molecule has 0 aliphatic carbocycles. The first kappa shape index (κ1) is 9.92. The second-order valence-electron chi connectivity index (χ2n) is 3.68. The van der Waals surface area contributed by atoms with E-state index in [-0.39, 0.29) is 0 Å². The Morgan fingerprint density at radius 1 is 1.75 bits per heavy atom. The summed E-state index contributed by atoms with van der Waals surface area (Å²) >= 11 is 0. The Balaban J connectivity index is 2.64. The molecule has 1 aliphatic heterocycles. The van der Waals surface area contributed by atoms with Gasteiger partial charge in [0.2, 0.25) is 0 Å². The molecule has 0 saturated carbocycles. The number of hydrogen-bond donors (Lipinski definition) is 2. The first-order chi connectivity index (χ1) is 5.52. The van der Waals surface area contributed by atoms with E-state index in [4.69, 9.17) is 15.2 Å². The number of methoxy groups -OCH3 is 1. The Morgan fingerprint density at radius 2 is 2.42 bits per heavy atom. The molecule has 12 heavy (non-hydrogen) atoms. The third-order valence-electron chi connectivity index (χ3n) is 2.51. The van der Waals surface area contributed by atoms with Crippen LogP contribution in [0.2, 0.25) is 0 Å². The third kappa shape index (κ3) is 1.61. The van der Waals surface area contributed by atoms with Gasteiger partial charge in [0.05, 0.1) is 18.8 Å². The van der Waals surface area contributed by atoms with Crippen LogP contribution in [0, 0.1) is 0 Å². The molecule has 1 rings (SSSR count). The van der Waals surface area contributed by atoms with Crippen molar-refractivity contribution in [3.63, 3.8) is 0 Å². The lowest BCUT2D eigenvalue weighted by Gasteiger charge is -2.37. The SMILES string of the molecule is COCC(C)(N)C1(O)CCOC1. The number of aliphatic hydroxyl groups is 1. The normalized spacial score (nSPS) is 35.0. The lowest BCUT2D eigenvalue weighted by atomic mass is 9.82. The predicted molar refractivity (Wildman–Crippen MR) is 44.9 cm³/mol. The van der Waals surface area contributed by atoms with Crippen molar-refractivity contribution in [2.24, 2.45) is 5.73 Å². The van der Waals surface area contributed by atoms with E-state index in [0.29, 0.717) is 26.2 Å². The van der Waals surface area contributed by atoms with Crippen molar-refractivity contribution in [1.82, 2.24) is 0 Å². The lowest BCUT2D eigenvalue weighted by Crippen LogP contribution is -2.61. The van der Waals surface area contributed by atoms with Gasteiger partial charge >= 0.3 is 0 Å². The quantitative estimate of drug-likeness (QED) is 0.607. The fourth-order valence-electron chi connectivity index (χ4n) is 1.44. The Kier molecular flexibility index (Phi) is 2.73. The van der Waals surface area contributed by atoms with Crippen molar-refractivity contribution < 1.29 is 14.6 Å². The standard InChI is InChI=1S/C8H17NO3/c1-7(9,5-11-2)8(10)3-4-12-6-8/h10H,3-6,9H2,1-2H3. The monoisotopic (exact) mass is 175 g/mol. The smallest absolute Gasteiger partial charge is 0.110 e. The second-order valence-corrected chi connectivity index (χ2v) is 3.68. The number of ether oxygens (including phenoxy) is 2. The van der Waals surface area contributed by atoms with Crippen molar-refractivity contribution in [3.8, 4) is 0 Å². The Bertz CT molecular complexity index is 152. The Hall–Kier alpha value is -0.160. The summed E-state index contributed by atoms with van der Waals surface area (Å²) in [7, 11) is 1.57. The first-order valence-electron chi connectivity index (χ1n) is 4.10. The fraction of sp³-hybridized carbons (Fsp3) is 1.00. The first-order valence-corrected chi connectivity index (χ1v) is 4.10. The molecule has 0 bridgehead atoms. The van der Waals surface area contributed by atoms with E-state index in [2.05, 4.69) is 0 Å². The zero-order chi connectivity index (χ0) is 9.24. The molecule has 0 amide bonds. The third-order valence-corrected chi connectivity index (χ3v) is 2.51. The average Bonchev–Trinajstić information content (AvgIpc) is 2.37. The summed E-state index contributed by atoms with van der Waals surface area (Å²) in [5.74, 6) is 0. The molecule has 0 aromatic heterocycles. The minimum atomic E-state index is -0.928. The van der Waals surface area contributed by atoms with E-state index >= 15 is 0 Å². The van der Waals surface area contributed by atoms with E-state index in [0.717, 1.165) is 0 Å². The van der Waals surface area contributed by atoms with Gasteiger partial charge in [0.15, 0.2) is 0 Å². The van der Waals surface area contributed by atoms with E-state index in [1.165, 1.54) is 0 Å². The highest BCUT2D eigenvalue weighted by molar-refractivity contribution is 5.02. The summed E-state index contributed by atoms with van der Waals surface area (Å²) in [5, 5.41) is 10.0. The van der Waals surface area contributed by atoms with Crippen LogP contribution in [-0.2, 0) is 9.47 Å². The summed E-state index contributed by atoms with van der Waals surface area (Å²) < 4.78 is 10.1. The van der Waals surface area contributed by atoms with Gasteiger partial charge < -0.3 is 20.3 Å². The van der Waals surface area contributed by atoms with Crippen LogP contribution in [0.15, 0.2) is 0 Å². The van der Waals surface area contributed by atoms with E-state index in [9.17, 15) is 5.11 Å². The van der Waals surface area contributed by atoms with Crippen molar-refractivity contribution in [2.75, 3.05) is 26.9 Å². The van der Waals surface area contributed by atoms with E-state index in [1.54, 1.807) is 14.0 Å². The minimum Gasteiger partial charge on any atom is -0.385 e. The molecule has 0 spiro atoms. The van der Waals surface area contributed by atoms with Crippen LogP contribution in [0.3, 0.4) is 0 Å². The molecule has 72 valence electrons. The molecule has 0 radical (unpaired) electrons. The van der Waals surface area contributed by atoms with E-state index < -0.39 is 11.1 Å². The van der Waals surface area contributed by atoms with Crippen LogP contribution in [0.25, 0.3) is 0 Å². The van der Waals surface area contributed by atoms with Crippen LogP contribution < -0.4 is 5.73 Å². The molecule has 1 fully saturated rings. The Morgan fingerprint density at radius 3 is 2.83 bits per heavy atom. The van der Waals surface area contributed by atoms with Gasteiger partial charge in [-0.1, -0.05) is 0 Å². The Labute approximate surface area is 72.6 Å². The van der Waals surface area contributed by atoms with Crippen LogP contribution >= 0.6 is 0 Å². The highest BCUT2D eigenvalue weighted by atomic mass is 16.5. The van der Waals surface area contributed by atoms with Crippen molar-refractivity contribution in [1.29, 1.82) is 0 Å². The molecule has 4 heteroatoms. The number of rotatable bonds is 3. The predicted octanol–water partition coefficient (Wildman–Crippen LogP) is -0.498. The molecule has 4 nitrogen and oxygen atoms in total. The summed E-state index contributed by atoms with van der Waals surface area (Å²) in [4.78, 5) is 0. The van der Waals surface area contributed by atoms with Gasteiger partial charge in [0.1, 0.15) is 5.60 Å². The maximum Gasteiger partial charge on any atom is 0.110 e. The maximum absolute atomic E-state index is 10.0. The van der Waals surface area contributed by atoms with Crippen LogP contribution in [0.5, 0.6) is 0 Å². The molecule has 1 aliphatic rings. The van der Waals surface area contributed by atoms with Gasteiger partial charge in [-0.3, -0.25) is 0 Å². The molecule has 0 aromatic carbocycles. The van der Waals surface area contributed by atoms with Gasteiger partial charge in [0.25, 0.3) is 0 Å². The highest BCUT2D eigenvalue weighted by Gasteiger charge is 2.47. The van der Waals surface area contributed by atoms with Crippen molar-refractivity contribution >= 4 is 0 Å². The van der Waals surface area contributed by atoms with Crippen LogP contribution in [0.4, 0.5) is 0 Å². The molecular weight excluding hydrogens is 158 g/mol. The maximum atomic E-state index is 10.0. The molecular formula is C8H17NO3. The summed E-state index contributed by atoms with van der Waals surface area (Å²) in [6.07, 6.45) is 0.587. The number of nitrogens with two attached hydrogens (primary N) is 1. The van der Waals surface area contributed by atoms with Crippen LogP contribution in [0.1, 0.15) is 13.3 Å². The van der Waals surface area contributed by atoms with Gasteiger partial charge in [-0.05, 0) is 6.92 Å². The zero-order valence-electron chi connectivity index (χ0n) is 7.67. The van der Waals surface area contributed by atoms with Gasteiger partial charge in [-0.15, -0.1) is 0 Å². The zero-order valence-corrected chi connectivity index (χ0v) is 7.67. The topological polar surface area (TPSA) is 64.7 Å². The fourth-order valence-corrected chi connectivity index (χ4v) is 1.44. The molecule has 1 heterocycles. The van der Waals surface area contributed by atoms with Gasteiger partial charge in [-0.25, -0.2) is 0 Å². The van der Waals surface area contributed by atoms with Crippen molar-refractivity contribution in [2.45, 2.75) is 24.5 Å². The summed E-state index contributed by atoms with van der Waals surface area (Å²) in [5.41, 5.74) is 4.26. The minimum absolute atomic E-state index is 0.309. The largest absolute Gasteiger partial charge is 0.385 e. The summed E-state index contributed by atoms with van der Waals surface area (Å²) in [6, 6.07) is 0. The summed E-state index contributed by atoms with van der Waals surface area (Å²) in [6.45, 7) is 3.01. The van der Waals surface area contributed by atoms with Gasteiger partial charge in [0, 0.05) is 20.1 Å². The average molecular weight is 175 g/mol. The highest BCUT2D eigenvalue weighted by Crippen LogP contribution is 2.28. The van der Waals surface area contributed by atoms with Crippen molar-refractivity contribution in [3.05, 3.63) is 0 Å². The lowest BCUT2D eigenvalue weighted by molar-refractivity contribution is -0.0600. The van der Waals surface area contributed by atoms with Gasteiger partial charge in [-0.2, -0.15) is 0 Å². The molecule has 2 unspecified atom stereocenters. The van der Waals surface area contributed by atoms with E-state index in [1.807, 2.05) is 0 Å². The molecule has 1 saturated heterocycles.